The largest absolute Gasteiger partial charge is 0.389 e. The maximum Gasteiger partial charge on any atom is 0.228 e. The molecule has 0 spiro atoms. The van der Waals surface area contributed by atoms with Crippen LogP contribution in [0.25, 0.3) is 0 Å². The molecular weight excluding hydrogens is 257 g/mol. The van der Waals surface area contributed by atoms with Crippen molar-refractivity contribution in [3.63, 3.8) is 0 Å². The fourth-order valence-corrected chi connectivity index (χ4v) is 1.90. The summed E-state index contributed by atoms with van der Waals surface area (Å²) in [5, 5.41) is 12.2. The minimum Gasteiger partial charge on any atom is -0.389 e. The molecule has 0 bridgehead atoms. The Bertz CT molecular complexity index is 611. The van der Waals surface area contributed by atoms with Crippen molar-refractivity contribution in [1.29, 1.82) is 0 Å². The number of amides is 1. The van der Waals surface area contributed by atoms with Crippen molar-refractivity contribution in [2.24, 2.45) is 0 Å². The zero-order chi connectivity index (χ0) is 14.5. The Hall–Kier alpha value is -2.20. The number of halogens is 1. The Morgan fingerprint density at radius 1 is 1.25 bits per heavy atom. The van der Waals surface area contributed by atoms with Crippen molar-refractivity contribution in [3.05, 3.63) is 65.5 Å². The van der Waals surface area contributed by atoms with Gasteiger partial charge in [-0.2, -0.15) is 0 Å². The first-order chi connectivity index (χ1) is 9.56. The van der Waals surface area contributed by atoms with Crippen molar-refractivity contribution >= 4 is 11.6 Å². The van der Waals surface area contributed by atoms with Crippen LogP contribution in [0.2, 0.25) is 0 Å². The molecule has 2 rings (SSSR count). The standard InChI is InChI=1S/C16H16FNO2/c1-11(19)12-6-4-7-14(9-12)18-16(20)10-13-5-2-3-8-15(13)17/h2-9,11,19H,10H2,1H3,(H,18,20). The molecule has 0 saturated heterocycles. The van der Waals surface area contributed by atoms with Crippen LogP contribution in [0.3, 0.4) is 0 Å². The Balaban J connectivity index is 2.05. The third-order valence-electron chi connectivity index (χ3n) is 2.96. The molecule has 4 heteroatoms. The fourth-order valence-electron chi connectivity index (χ4n) is 1.90. The van der Waals surface area contributed by atoms with E-state index in [0.717, 1.165) is 0 Å². The second-order valence-electron chi connectivity index (χ2n) is 4.62. The van der Waals surface area contributed by atoms with E-state index in [1.165, 1.54) is 6.07 Å². The second kappa shape index (κ2) is 6.30. The van der Waals surface area contributed by atoms with Crippen molar-refractivity contribution in [2.45, 2.75) is 19.4 Å². The highest BCUT2D eigenvalue weighted by Gasteiger charge is 2.09. The van der Waals surface area contributed by atoms with Gasteiger partial charge in [-0.25, -0.2) is 4.39 Å². The van der Waals surface area contributed by atoms with E-state index < -0.39 is 6.10 Å². The highest BCUT2D eigenvalue weighted by Crippen LogP contribution is 2.17. The Kier molecular flexibility index (Phi) is 4.48. The maximum absolute atomic E-state index is 13.4. The summed E-state index contributed by atoms with van der Waals surface area (Å²) < 4.78 is 13.4. The van der Waals surface area contributed by atoms with E-state index in [-0.39, 0.29) is 18.1 Å². The normalized spacial score (nSPS) is 11.9. The third-order valence-corrected chi connectivity index (χ3v) is 2.96. The van der Waals surface area contributed by atoms with Gasteiger partial charge in [0.1, 0.15) is 5.82 Å². The van der Waals surface area contributed by atoms with Crippen LogP contribution in [0.5, 0.6) is 0 Å². The van der Waals surface area contributed by atoms with E-state index >= 15 is 0 Å². The second-order valence-corrected chi connectivity index (χ2v) is 4.62. The van der Waals surface area contributed by atoms with Gasteiger partial charge in [0.15, 0.2) is 0 Å². The molecule has 20 heavy (non-hydrogen) atoms. The lowest BCUT2D eigenvalue weighted by molar-refractivity contribution is -0.115. The molecule has 0 heterocycles. The third kappa shape index (κ3) is 3.65. The van der Waals surface area contributed by atoms with Gasteiger partial charge in [0.25, 0.3) is 0 Å². The quantitative estimate of drug-likeness (QED) is 0.899. The first-order valence-corrected chi connectivity index (χ1v) is 6.37. The van der Waals surface area contributed by atoms with Crippen LogP contribution in [-0.2, 0) is 11.2 Å². The molecule has 1 atom stereocenters. The monoisotopic (exact) mass is 273 g/mol. The zero-order valence-electron chi connectivity index (χ0n) is 11.1. The van der Waals surface area contributed by atoms with Gasteiger partial charge >= 0.3 is 0 Å². The van der Waals surface area contributed by atoms with Crippen molar-refractivity contribution < 1.29 is 14.3 Å². The lowest BCUT2D eigenvalue weighted by Gasteiger charge is -2.09. The number of anilines is 1. The van der Waals surface area contributed by atoms with E-state index in [1.54, 1.807) is 49.4 Å². The number of nitrogens with one attached hydrogen (secondary N) is 1. The lowest BCUT2D eigenvalue weighted by Crippen LogP contribution is -2.15. The summed E-state index contributed by atoms with van der Waals surface area (Å²) in [6.07, 6.45) is -0.621. The number of benzene rings is 2. The highest BCUT2D eigenvalue weighted by atomic mass is 19.1. The molecule has 2 aromatic carbocycles. The Labute approximate surface area is 117 Å². The number of rotatable bonds is 4. The van der Waals surface area contributed by atoms with Gasteiger partial charge in [0, 0.05) is 5.69 Å². The number of hydrogen-bond donors (Lipinski definition) is 2. The van der Waals surface area contributed by atoms with Crippen LogP contribution in [-0.4, -0.2) is 11.0 Å². The summed E-state index contributed by atoms with van der Waals surface area (Å²) in [6.45, 7) is 1.65. The van der Waals surface area contributed by atoms with Gasteiger partial charge in [-0.05, 0) is 36.2 Å². The number of aliphatic hydroxyl groups excluding tert-OH is 1. The van der Waals surface area contributed by atoms with Crippen LogP contribution in [0.4, 0.5) is 10.1 Å². The Morgan fingerprint density at radius 3 is 2.70 bits per heavy atom. The minimum atomic E-state index is -0.599. The first kappa shape index (κ1) is 14.2. The zero-order valence-corrected chi connectivity index (χ0v) is 11.1. The number of aliphatic hydroxyl groups is 1. The summed E-state index contributed by atoms with van der Waals surface area (Å²) in [5.74, 6) is -0.682. The van der Waals surface area contributed by atoms with E-state index in [9.17, 15) is 14.3 Å². The molecule has 1 amide bonds. The predicted molar refractivity (Wildman–Crippen MR) is 75.8 cm³/mol. The van der Waals surface area contributed by atoms with Crippen molar-refractivity contribution in [2.75, 3.05) is 5.32 Å². The molecule has 2 N–H and O–H groups in total. The van der Waals surface area contributed by atoms with Gasteiger partial charge < -0.3 is 10.4 Å². The molecule has 3 nitrogen and oxygen atoms in total. The molecule has 1 unspecified atom stereocenters. The number of carbonyl (C=O) groups excluding carboxylic acids is 1. The van der Waals surface area contributed by atoms with Gasteiger partial charge in [-0.3, -0.25) is 4.79 Å². The topological polar surface area (TPSA) is 49.3 Å². The average Bonchev–Trinajstić information content (AvgIpc) is 2.41. The summed E-state index contributed by atoms with van der Waals surface area (Å²) >= 11 is 0. The van der Waals surface area contributed by atoms with Gasteiger partial charge in [0.2, 0.25) is 5.91 Å². The van der Waals surface area contributed by atoms with Crippen LogP contribution < -0.4 is 5.32 Å². The molecule has 0 aliphatic carbocycles. The van der Waals surface area contributed by atoms with E-state index in [2.05, 4.69) is 5.32 Å². The molecule has 0 aliphatic rings. The molecule has 0 aliphatic heterocycles. The van der Waals surface area contributed by atoms with Crippen LogP contribution >= 0.6 is 0 Å². The molecule has 0 radical (unpaired) electrons. The molecule has 2 aromatic rings. The molecular formula is C16H16FNO2. The van der Waals surface area contributed by atoms with Gasteiger partial charge in [0.05, 0.1) is 12.5 Å². The average molecular weight is 273 g/mol. The van der Waals surface area contributed by atoms with Crippen LogP contribution in [0.1, 0.15) is 24.2 Å². The summed E-state index contributed by atoms with van der Waals surface area (Å²) in [5.41, 5.74) is 1.66. The van der Waals surface area contributed by atoms with Gasteiger partial charge in [-0.1, -0.05) is 30.3 Å². The summed E-state index contributed by atoms with van der Waals surface area (Å²) in [4.78, 5) is 11.9. The highest BCUT2D eigenvalue weighted by molar-refractivity contribution is 5.92. The van der Waals surface area contributed by atoms with Crippen molar-refractivity contribution in [1.82, 2.24) is 0 Å². The molecule has 0 aromatic heterocycles. The molecule has 104 valence electrons. The Morgan fingerprint density at radius 2 is 2.00 bits per heavy atom. The van der Waals surface area contributed by atoms with Crippen LogP contribution in [0, 0.1) is 5.82 Å². The molecule has 0 fully saturated rings. The van der Waals surface area contributed by atoms with Crippen LogP contribution in [0.15, 0.2) is 48.5 Å². The van der Waals surface area contributed by atoms with Gasteiger partial charge in [-0.15, -0.1) is 0 Å². The SMILES string of the molecule is CC(O)c1cccc(NC(=O)Cc2ccccc2F)c1. The minimum absolute atomic E-state index is 0.0222. The van der Waals surface area contributed by atoms with Crippen molar-refractivity contribution in [3.8, 4) is 0 Å². The predicted octanol–water partition coefficient (Wildman–Crippen LogP) is 3.06. The van der Waals surface area contributed by atoms with E-state index in [1.807, 2.05) is 0 Å². The van der Waals surface area contributed by atoms with E-state index in [0.29, 0.717) is 16.8 Å². The lowest BCUT2D eigenvalue weighted by atomic mass is 10.1. The summed E-state index contributed by atoms with van der Waals surface area (Å²) in [6, 6.07) is 13.1. The number of carbonyl (C=O) groups is 1. The van der Waals surface area contributed by atoms with E-state index in [4.69, 9.17) is 0 Å². The smallest absolute Gasteiger partial charge is 0.228 e. The fraction of sp³-hybridized carbons (Fsp3) is 0.188. The summed E-state index contributed by atoms with van der Waals surface area (Å²) in [7, 11) is 0. The maximum atomic E-state index is 13.4. The molecule has 0 saturated carbocycles. The number of hydrogen-bond acceptors (Lipinski definition) is 2. The first-order valence-electron chi connectivity index (χ1n) is 6.37.